The quantitative estimate of drug-likeness (QED) is 0.612. The molecule has 1 amide bonds. The van der Waals surface area contributed by atoms with Crippen molar-refractivity contribution in [2.24, 2.45) is 0 Å². The smallest absolute Gasteiger partial charge is 0.337 e. The van der Waals surface area contributed by atoms with Gasteiger partial charge in [0, 0.05) is 13.0 Å². The predicted molar refractivity (Wildman–Crippen MR) is 119 cm³/mol. The Kier molecular flexibility index (Phi) is 7.86. The van der Waals surface area contributed by atoms with Crippen LogP contribution in [-0.2, 0) is 19.6 Å². The van der Waals surface area contributed by atoms with Gasteiger partial charge in [0.05, 0.1) is 35.3 Å². The fraction of sp³-hybridized carbons (Fsp3) is 0.333. The van der Waals surface area contributed by atoms with Crippen LogP contribution in [0, 0.1) is 13.8 Å². The number of sulfonamides is 1. The van der Waals surface area contributed by atoms with Gasteiger partial charge in [-0.15, -0.1) is 0 Å². The van der Waals surface area contributed by atoms with Gasteiger partial charge in [-0.05, 0) is 55.7 Å². The molecule has 7 nitrogen and oxygen atoms in total. The van der Waals surface area contributed by atoms with E-state index in [1.807, 2.05) is 32.0 Å². The molecule has 2 aromatic carbocycles. The number of rotatable bonds is 8. The van der Waals surface area contributed by atoms with Gasteiger partial charge in [-0.1, -0.05) is 23.7 Å². The van der Waals surface area contributed by atoms with E-state index in [9.17, 15) is 18.0 Å². The first-order chi connectivity index (χ1) is 14.0. The van der Waals surface area contributed by atoms with Crippen molar-refractivity contribution in [3.05, 3.63) is 58.1 Å². The summed E-state index contributed by atoms with van der Waals surface area (Å²) in [7, 11) is -2.25. The average Bonchev–Trinajstić information content (AvgIpc) is 2.67. The van der Waals surface area contributed by atoms with Crippen molar-refractivity contribution in [3.63, 3.8) is 0 Å². The molecule has 0 heterocycles. The zero-order valence-corrected chi connectivity index (χ0v) is 18.9. The number of methoxy groups -OCH3 is 1. The number of benzene rings is 2. The number of anilines is 2. The number of amides is 1. The van der Waals surface area contributed by atoms with E-state index in [2.05, 4.69) is 10.1 Å². The largest absolute Gasteiger partial charge is 0.465 e. The highest BCUT2D eigenvalue weighted by molar-refractivity contribution is 7.92. The van der Waals surface area contributed by atoms with E-state index >= 15 is 0 Å². The van der Waals surface area contributed by atoms with Crippen molar-refractivity contribution in [2.75, 3.05) is 29.5 Å². The van der Waals surface area contributed by atoms with Crippen LogP contribution in [0.3, 0.4) is 0 Å². The van der Waals surface area contributed by atoms with Crippen molar-refractivity contribution < 1.29 is 22.7 Å². The summed E-state index contributed by atoms with van der Waals surface area (Å²) in [6.45, 7) is 3.89. The first-order valence-electron chi connectivity index (χ1n) is 9.25. The first kappa shape index (κ1) is 23.7. The third-order valence-electron chi connectivity index (χ3n) is 4.46. The fourth-order valence-electron chi connectivity index (χ4n) is 2.91. The van der Waals surface area contributed by atoms with Crippen LogP contribution in [0.5, 0.6) is 0 Å². The number of esters is 1. The van der Waals surface area contributed by atoms with Gasteiger partial charge in [0.15, 0.2) is 0 Å². The Morgan fingerprint density at radius 3 is 2.47 bits per heavy atom. The molecule has 162 valence electrons. The molecule has 0 atom stereocenters. The molecule has 0 bridgehead atoms. The van der Waals surface area contributed by atoms with Gasteiger partial charge in [-0.2, -0.15) is 0 Å². The first-order valence-corrected chi connectivity index (χ1v) is 11.5. The van der Waals surface area contributed by atoms with Gasteiger partial charge in [0.1, 0.15) is 0 Å². The summed E-state index contributed by atoms with van der Waals surface area (Å²) in [5.41, 5.74) is 2.94. The normalized spacial score (nSPS) is 11.1. The van der Waals surface area contributed by atoms with Gasteiger partial charge in [-0.3, -0.25) is 9.10 Å². The molecule has 1 N–H and O–H groups in total. The number of nitrogens with zero attached hydrogens (tertiary/aromatic N) is 1. The zero-order chi connectivity index (χ0) is 22.5. The van der Waals surface area contributed by atoms with Gasteiger partial charge in [0.25, 0.3) is 0 Å². The predicted octanol–water partition coefficient (Wildman–Crippen LogP) is 3.93. The van der Waals surface area contributed by atoms with Gasteiger partial charge < -0.3 is 10.1 Å². The van der Waals surface area contributed by atoms with E-state index < -0.39 is 16.0 Å². The highest BCUT2D eigenvalue weighted by Crippen LogP contribution is 2.25. The maximum Gasteiger partial charge on any atom is 0.337 e. The molecule has 0 fully saturated rings. The molecule has 30 heavy (non-hydrogen) atoms. The molecular formula is C21H25ClN2O5S. The summed E-state index contributed by atoms with van der Waals surface area (Å²) < 4.78 is 30.6. The van der Waals surface area contributed by atoms with Crippen LogP contribution in [0.15, 0.2) is 36.4 Å². The van der Waals surface area contributed by atoms with E-state index in [1.54, 1.807) is 0 Å². The lowest BCUT2D eigenvalue weighted by molar-refractivity contribution is -0.116. The third kappa shape index (κ3) is 6.21. The second-order valence-corrected chi connectivity index (χ2v) is 9.28. The Hall–Kier alpha value is -2.58. The summed E-state index contributed by atoms with van der Waals surface area (Å²) >= 11 is 6.09. The standard InChI is InChI=1S/C21H25ClN2O5S/c1-14-7-8-15(2)19(12-14)24(30(4,27)28)11-5-6-20(25)23-18-13-16(21(26)29-3)9-10-17(18)22/h7-10,12-13H,5-6,11H2,1-4H3,(H,23,25). The SMILES string of the molecule is COC(=O)c1ccc(Cl)c(NC(=O)CCCN(c2cc(C)ccc2C)S(C)(=O)=O)c1. The lowest BCUT2D eigenvalue weighted by Gasteiger charge is -2.24. The number of aryl methyl sites for hydroxylation is 2. The van der Waals surface area contributed by atoms with E-state index in [1.165, 1.54) is 29.6 Å². The van der Waals surface area contributed by atoms with Gasteiger partial charge in [-0.25, -0.2) is 13.2 Å². The van der Waals surface area contributed by atoms with Crippen molar-refractivity contribution >= 4 is 44.9 Å². The van der Waals surface area contributed by atoms with Crippen molar-refractivity contribution in [2.45, 2.75) is 26.7 Å². The number of hydrogen-bond donors (Lipinski definition) is 1. The second kappa shape index (κ2) is 9.95. The Balaban J connectivity index is 2.07. The van der Waals surface area contributed by atoms with Crippen molar-refractivity contribution in [1.29, 1.82) is 0 Å². The Labute approximate surface area is 182 Å². The van der Waals surface area contributed by atoms with Gasteiger partial charge >= 0.3 is 5.97 Å². The van der Waals surface area contributed by atoms with Gasteiger partial charge in [0.2, 0.25) is 15.9 Å². The molecule has 2 rings (SSSR count). The maximum absolute atomic E-state index is 12.4. The number of nitrogens with one attached hydrogen (secondary N) is 1. The highest BCUT2D eigenvalue weighted by Gasteiger charge is 2.20. The lowest BCUT2D eigenvalue weighted by Crippen LogP contribution is -2.32. The molecule has 0 aliphatic heterocycles. The van der Waals surface area contributed by atoms with Crippen molar-refractivity contribution in [1.82, 2.24) is 0 Å². The van der Waals surface area contributed by atoms with E-state index in [0.717, 1.165) is 17.4 Å². The molecule has 0 aliphatic rings. The maximum atomic E-state index is 12.4. The molecular weight excluding hydrogens is 428 g/mol. The number of halogens is 1. The number of ether oxygens (including phenoxy) is 1. The van der Waals surface area contributed by atoms with E-state index in [4.69, 9.17) is 11.6 Å². The van der Waals surface area contributed by atoms with Crippen LogP contribution in [0.1, 0.15) is 34.3 Å². The summed E-state index contributed by atoms with van der Waals surface area (Å²) in [4.78, 5) is 24.0. The monoisotopic (exact) mass is 452 g/mol. The summed E-state index contributed by atoms with van der Waals surface area (Å²) in [5, 5.41) is 2.94. The minimum Gasteiger partial charge on any atom is -0.465 e. The zero-order valence-electron chi connectivity index (χ0n) is 17.4. The molecule has 0 unspecified atom stereocenters. The second-order valence-electron chi connectivity index (χ2n) is 6.96. The molecule has 0 aromatic heterocycles. The molecule has 0 aliphatic carbocycles. The highest BCUT2D eigenvalue weighted by atomic mass is 35.5. The van der Waals surface area contributed by atoms with E-state index in [-0.39, 0.29) is 29.5 Å². The van der Waals surface area contributed by atoms with Crippen molar-refractivity contribution in [3.8, 4) is 0 Å². The number of carbonyl (C=O) groups is 2. The van der Waals surface area contributed by atoms with Crippen LogP contribution >= 0.6 is 11.6 Å². The Morgan fingerprint density at radius 1 is 1.13 bits per heavy atom. The van der Waals surface area contributed by atoms with E-state index in [0.29, 0.717) is 17.8 Å². The molecule has 0 radical (unpaired) electrons. The van der Waals surface area contributed by atoms with Crippen LogP contribution in [0.2, 0.25) is 5.02 Å². The Morgan fingerprint density at radius 2 is 1.83 bits per heavy atom. The minimum atomic E-state index is -3.51. The summed E-state index contributed by atoms with van der Waals surface area (Å²) in [6.07, 6.45) is 1.53. The number of hydrogen-bond acceptors (Lipinski definition) is 5. The van der Waals surface area contributed by atoms with Crippen LogP contribution < -0.4 is 9.62 Å². The molecule has 2 aromatic rings. The molecule has 0 saturated heterocycles. The molecule has 0 saturated carbocycles. The average molecular weight is 453 g/mol. The number of carbonyl (C=O) groups excluding carboxylic acids is 2. The molecule has 0 spiro atoms. The topological polar surface area (TPSA) is 92.8 Å². The minimum absolute atomic E-state index is 0.0790. The van der Waals surface area contributed by atoms with Crippen LogP contribution in [0.25, 0.3) is 0 Å². The lowest BCUT2D eigenvalue weighted by atomic mass is 10.1. The van der Waals surface area contributed by atoms with Crippen LogP contribution in [-0.4, -0.2) is 40.2 Å². The van der Waals surface area contributed by atoms with Crippen LogP contribution in [0.4, 0.5) is 11.4 Å². The Bertz CT molecular complexity index is 1050. The molecule has 9 heteroatoms. The summed E-state index contributed by atoms with van der Waals surface area (Å²) in [5.74, 6) is -0.882. The summed E-state index contributed by atoms with van der Waals surface area (Å²) in [6, 6.07) is 10.0. The fourth-order valence-corrected chi connectivity index (χ4v) is 4.09. The third-order valence-corrected chi connectivity index (χ3v) is 5.97.